The molecule has 2 bridgehead atoms. The van der Waals surface area contributed by atoms with Gasteiger partial charge in [-0.2, -0.15) is 0 Å². The van der Waals surface area contributed by atoms with Gasteiger partial charge in [-0.3, -0.25) is 4.79 Å². The standard InChI is InChI=1S/C28H37NO3/c1-3-5-18-31-22-14-10-20(11-15-22)26-24-8-7-9-25(28(24)30)27(29-26)21-12-16-23(17-13-21)32-19-6-4-2/h10-17,24-27,29H,3-9,18-19H2,1-2H3/t24-,25-,26-,27+/m1/s1. The zero-order valence-electron chi connectivity index (χ0n) is 19.5. The average molecular weight is 436 g/mol. The fourth-order valence-corrected chi connectivity index (χ4v) is 5.07. The van der Waals surface area contributed by atoms with Gasteiger partial charge in [-0.25, -0.2) is 0 Å². The summed E-state index contributed by atoms with van der Waals surface area (Å²) in [4.78, 5) is 13.4. The maximum atomic E-state index is 13.4. The molecule has 1 aliphatic carbocycles. The van der Waals surface area contributed by atoms with Gasteiger partial charge in [0, 0.05) is 23.9 Å². The van der Waals surface area contributed by atoms with Crippen LogP contribution >= 0.6 is 0 Å². The molecule has 1 saturated heterocycles. The molecule has 1 saturated carbocycles. The summed E-state index contributed by atoms with van der Waals surface area (Å²) in [6.45, 7) is 5.83. The van der Waals surface area contributed by atoms with Gasteiger partial charge < -0.3 is 14.8 Å². The van der Waals surface area contributed by atoms with Crippen LogP contribution in [0.25, 0.3) is 0 Å². The van der Waals surface area contributed by atoms with Gasteiger partial charge >= 0.3 is 0 Å². The average Bonchev–Trinajstić information content (AvgIpc) is 2.81. The minimum Gasteiger partial charge on any atom is -0.494 e. The van der Waals surface area contributed by atoms with Crippen molar-refractivity contribution in [3.63, 3.8) is 0 Å². The SMILES string of the molecule is CCCCOc1ccc([C@H]2N[C@@H](c3ccc(OCCCC)cc3)[C@H]3CCC[C@H]2C3=O)cc1. The van der Waals surface area contributed by atoms with Crippen LogP contribution in [0.4, 0.5) is 0 Å². The molecule has 4 atom stereocenters. The van der Waals surface area contributed by atoms with Crippen LogP contribution < -0.4 is 14.8 Å². The molecule has 0 spiro atoms. The Hall–Kier alpha value is -2.33. The van der Waals surface area contributed by atoms with Gasteiger partial charge in [-0.1, -0.05) is 57.4 Å². The highest BCUT2D eigenvalue weighted by atomic mass is 16.5. The topological polar surface area (TPSA) is 47.6 Å². The van der Waals surface area contributed by atoms with E-state index >= 15 is 0 Å². The van der Waals surface area contributed by atoms with Crippen molar-refractivity contribution in [3.8, 4) is 11.5 Å². The van der Waals surface area contributed by atoms with E-state index in [0.29, 0.717) is 5.78 Å². The van der Waals surface area contributed by atoms with Crippen LogP contribution in [0.3, 0.4) is 0 Å². The highest BCUT2D eigenvalue weighted by molar-refractivity contribution is 5.87. The molecule has 1 heterocycles. The zero-order valence-corrected chi connectivity index (χ0v) is 19.5. The lowest BCUT2D eigenvalue weighted by atomic mass is 9.67. The van der Waals surface area contributed by atoms with E-state index in [9.17, 15) is 4.79 Å². The van der Waals surface area contributed by atoms with Crippen LogP contribution in [0.2, 0.25) is 0 Å². The molecule has 1 N–H and O–H groups in total. The number of hydrogen-bond acceptors (Lipinski definition) is 4. The van der Waals surface area contributed by atoms with Gasteiger partial charge in [-0.15, -0.1) is 0 Å². The largest absolute Gasteiger partial charge is 0.494 e. The van der Waals surface area contributed by atoms with Gasteiger partial charge in [0.15, 0.2) is 0 Å². The predicted molar refractivity (Wildman–Crippen MR) is 128 cm³/mol. The van der Waals surface area contributed by atoms with Crippen molar-refractivity contribution in [3.05, 3.63) is 59.7 Å². The summed E-state index contributed by atoms with van der Waals surface area (Å²) in [6.07, 6.45) is 7.44. The Balaban J connectivity index is 1.50. The van der Waals surface area contributed by atoms with Crippen molar-refractivity contribution in [2.75, 3.05) is 13.2 Å². The number of nitrogens with one attached hydrogen (secondary N) is 1. The number of carbonyl (C=O) groups is 1. The van der Waals surface area contributed by atoms with Crippen molar-refractivity contribution >= 4 is 5.78 Å². The fraction of sp³-hybridized carbons (Fsp3) is 0.536. The number of piperidine rings is 1. The number of carbonyl (C=O) groups excluding carboxylic acids is 1. The Labute approximate surface area is 192 Å². The van der Waals surface area contributed by atoms with Crippen LogP contribution in [0, 0.1) is 11.8 Å². The zero-order chi connectivity index (χ0) is 22.3. The normalized spacial score (nSPS) is 24.9. The highest BCUT2D eigenvalue weighted by Crippen LogP contribution is 2.46. The lowest BCUT2D eigenvalue weighted by Crippen LogP contribution is -2.50. The van der Waals surface area contributed by atoms with E-state index in [2.05, 4.69) is 43.4 Å². The molecule has 0 amide bonds. The van der Waals surface area contributed by atoms with Gasteiger partial charge in [0.05, 0.1) is 13.2 Å². The lowest BCUT2D eigenvalue weighted by molar-refractivity contribution is -0.135. The maximum absolute atomic E-state index is 13.4. The van der Waals surface area contributed by atoms with Crippen molar-refractivity contribution < 1.29 is 14.3 Å². The highest BCUT2D eigenvalue weighted by Gasteiger charge is 2.46. The van der Waals surface area contributed by atoms with Crippen LogP contribution in [-0.4, -0.2) is 19.0 Å². The number of ether oxygens (including phenoxy) is 2. The Morgan fingerprint density at radius 2 is 1.19 bits per heavy atom. The monoisotopic (exact) mass is 435 g/mol. The molecule has 0 unspecified atom stereocenters. The van der Waals surface area contributed by atoms with E-state index in [-0.39, 0.29) is 23.9 Å². The van der Waals surface area contributed by atoms with Gasteiger partial charge in [0.25, 0.3) is 0 Å². The fourth-order valence-electron chi connectivity index (χ4n) is 5.07. The Morgan fingerprint density at radius 1 is 0.750 bits per heavy atom. The molecule has 4 nitrogen and oxygen atoms in total. The van der Waals surface area contributed by atoms with Crippen molar-refractivity contribution in [1.29, 1.82) is 0 Å². The molecular formula is C28H37NO3. The molecule has 1 aliphatic heterocycles. The number of hydrogen-bond donors (Lipinski definition) is 1. The molecule has 2 aliphatic rings. The molecule has 0 radical (unpaired) electrons. The second-order valence-corrected chi connectivity index (χ2v) is 9.21. The van der Waals surface area contributed by atoms with E-state index in [1.807, 2.05) is 24.3 Å². The third kappa shape index (κ3) is 5.17. The number of rotatable bonds is 10. The summed E-state index contributed by atoms with van der Waals surface area (Å²) in [6, 6.07) is 16.8. The molecule has 32 heavy (non-hydrogen) atoms. The third-order valence-corrected chi connectivity index (χ3v) is 6.94. The maximum Gasteiger partial charge on any atom is 0.142 e. The molecular weight excluding hydrogens is 398 g/mol. The number of benzene rings is 2. The minimum atomic E-state index is 0.0502. The first kappa shape index (κ1) is 22.8. The summed E-state index contributed by atoms with van der Waals surface area (Å²) < 4.78 is 11.7. The first-order chi connectivity index (χ1) is 15.7. The van der Waals surface area contributed by atoms with E-state index in [0.717, 1.165) is 69.7 Å². The predicted octanol–water partition coefficient (Wildman–Crippen LogP) is 6.42. The van der Waals surface area contributed by atoms with E-state index in [4.69, 9.17) is 9.47 Å². The summed E-state index contributed by atoms with van der Waals surface area (Å²) in [7, 11) is 0. The third-order valence-electron chi connectivity index (χ3n) is 6.94. The van der Waals surface area contributed by atoms with Gasteiger partial charge in [-0.05, 0) is 61.1 Å². The van der Waals surface area contributed by atoms with Gasteiger partial charge in [0.1, 0.15) is 17.3 Å². The smallest absolute Gasteiger partial charge is 0.142 e. The molecule has 2 fully saturated rings. The lowest BCUT2D eigenvalue weighted by Gasteiger charge is -2.45. The summed E-state index contributed by atoms with van der Waals surface area (Å²) in [5.74, 6) is 2.36. The first-order valence-corrected chi connectivity index (χ1v) is 12.5. The molecule has 4 heteroatoms. The Bertz CT molecular complexity index is 792. The van der Waals surface area contributed by atoms with Gasteiger partial charge in [0.2, 0.25) is 0 Å². The second kappa shape index (κ2) is 11.0. The van der Waals surface area contributed by atoms with Crippen LogP contribution in [0.1, 0.15) is 82.0 Å². The number of Topliss-reactive ketones (excluding diaryl/α,β-unsaturated/α-hetero) is 1. The summed E-state index contributed by atoms with van der Waals surface area (Å²) in [5.41, 5.74) is 2.35. The molecule has 4 rings (SSSR count). The molecule has 2 aromatic rings. The molecule has 172 valence electrons. The van der Waals surface area contributed by atoms with Crippen molar-refractivity contribution in [2.24, 2.45) is 11.8 Å². The van der Waals surface area contributed by atoms with E-state index in [1.165, 1.54) is 11.1 Å². The Kier molecular flexibility index (Phi) is 7.85. The van der Waals surface area contributed by atoms with E-state index < -0.39 is 0 Å². The summed E-state index contributed by atoms with van der Waals surface area (Å²) in [5, 5.41) is 3.86. The quantitative estimate of drug-likeness (QED) is 0.438. The number of fused-ring (bicyclic) bond motifs is 2. The van der Waals surface area contributed by atoms with Crippen LogP contribution in [0.5, 0.6) is 11.5 Å². The summed E-state index contributed by atoms with van der Waals surface area (Å²) >= 11 is 0. The molecule has 0 aromatic heterocycles. The number of unbranched alkanes of at least 4 members (excludes halogenated alkanes) is 2. The second-order valence-electron chi connectivity index (χ2n) is 9.21. The molecule has 2 aromatic carbocycles. The first-order valence-electron chi connectivity index (χ1n) is 12.5. The Morgan fingerprint density at radius 3 is 1.59 bits per heavy atom. The van der Waals surface area contributed by atoms with Crippen molar-refractivity contribution in [2.45, 2.75) is 70.9 Å². The van der Waals surface area contributed by atoms with E-state index in [1.54, 1.807) is 0 Å². The number of ketones is 1. The van der Waals surface area contributed by atoms with Crippen molar-refractivity contribution in [1.82, 2.24) is 5.32 Å². The van der Waals surface area contributed by atoms with Crippen LogP contribution in [0.15, 0.2) is 48.5 Å². The van der Waals surface area contributed by atoms with Crippen LogP contribution in [-0.2, 0) is 4.79 Å². The minimum absolute atomic E-state index is 0.0502.